The standard InChI is InChI=1S/C9H19NO/c1-3-5-7-10-9(4-2)6-8-11/h8-10H,3-7H2,1-2H3. The summed E-state index contributed by atoms with van der Waals surface area (Å²) in [5.41, 5.74) is 0. The summed E-state index contributed by atoms with van der Waals surface area (Å²) < 4.78 is 0. The third kappa shape index (κ3) is 6.05. The Bertz CT molecular complexity index is 93.6. The third-order valence-corrected chi connectivity index (χ3v) is 1.84. The van der Waals surface area contributed by atoms with Crippen LogP contribution in [0.5, 0.6) is 0 Å². The molecule has 0 aliphatic rings. The summed E-state index contributed by atoms with van der Waals surface area (Å²) in [7, 11) is 0. The normalized spacial score (nSPS) is 12.9. The van der Waals surface area contributed by atoms with E-state index in [1.807, 2.05) is 0 Å². The molecule has 0 bridgehead atoms. The summed E-state index contributed by atoms with van der Waals surface area (Å²) >= 11 is 0. The van der Waals surface area contributed by atoms with Gasteiger partial charge in [-0.3, -0.25) is 0 Å². The predicted molar refractivity (Wildman–Crippen MR) is 47.7 cm³/mol. The highest BCUT2D eigenvalue weighted by Gasteiger charge is 2.01. The fourth-order valence-corrected chi connectivity index (χ4v) is 0.993. The Morgan fingerprint density at radius 3 is 2.64 bits per heavy atom. The number of carbonyl (C=O) groups is 1. The van der Waals surface area contributed by atoms with Crippen molar-refractivity contribution in [3.8, 4) is 0 Å². The van der Waals surface area contributed by atoms with Crippen LogP contribution < -0.4 is 5.32 Å². The molecule has 0 aromatic heterocycles. The molecule has 0 radical (unpaired) electrons. The van der Waals surface area contributed by atoms with E-state index in [9.17, 15) is 4.79 Å². The third-order valence-electron chi connectivity index (χ3n) is 1.84. The quantitative estimate of drug-likeness (QED) is 0.450. The van der Waals surface area contributed by atoms with E-state index in [1.54, 1.807) is 0 Å². The van der Waals surface area contributed by atoms with Gasteiger partial charge >= 0.3 is 0 Å². The molecule has 2 nitrogen and oxygen atoms in total. The van der Waals surface area contributed by atoms with Gasteiger partial charge < -0.3 is 10.1 Å². The van der Waals surface area contributed by atoms with E-state index in [1.165, 1.54) is 12.8 Å². The minimum Gasteiger partial charge on any atom is -0.314 e. The summed E-state index contributed by atoms with van der Waals surface area (Å²) in [5, 5.41) is 3.34. The number of nitrogens with one attached hydrogen (secondary N) is 1. The molecular formula is C9H19NO. The van der Waals surface area contributed by atoms with Crippen LogP contribution in [0, 0.1) is 0 Å². The minimum absolute atomic E-state index is 0.402. The molecule has 0 aromatic rings. The van der Waals surface area contributed by atoms with Crippen LogP contribution >= 0.6 is 0 Å². The van der Waals surface area contributed by atoms with E-state index < -0.39 is 0 Å². The Hall–Kier alpha value is -0.370. The first-order chi connectivity index (χ1) is 5.35. The summed E-state index contributed by atoms with van der Waals surface area (Å²) in [6.45, 7) is 5.32. The lowest BCUT2D eigenvalue weighted by Crippen LogP contribution is -2.29. The van der Waals surface area contributed by atoms with Crippen molar-refractivity contribution < 1.29 is 4.79 Å². The Balaban J connectivity index is 3.27. The molecular weight excluding hydrogens is 138 g/mol. The number of carbonyl (C=O) groups excluding carboxylic acids is 1. The number of rotatable bonds is 7. The van der Waals surface area contributed by atoms with Crippen molar-refractivity contribution in [3.05, 3.63) is 0 Å². The average Bonchev–Trinajstić information content (AvgIpc) is 2.03. The molecule has 0 aliphatic carbocycles. The van der Waals surface area contributed by atoms with Crippen LogP contribution in [0.3, 0.4) is 0 Å². The van der Waals surface area contributed by atoms with E-state index in [-0.39, 0.29) is 0 Å². The van der Waals surface area contributed by atoms with Gasteiger partial charge in [0, 0.05) is 12.5 Å². The van der Waals surface area contributed by atoms with Crippen LogP contribution in [0.2, 0.25) is 0 Å². The van der Waals surface area contributed by atoms with E-state index >= 15 is 0 Å². The monoisotopic (exact) mass is 157 g/mol. The maximum absolute atomic E-state index is 10.2. The largest absolute Gasteiger partial charge is 0.314 e. The molecule has 0 fully saturated rings. The molecule has 1 atom stereocenters. The predicted octanol–water partition coefficient (Wildman–Crippen LogP) is 1.74. The maximum Gasteiger partial charge on any atom is 0.121 e. The molecule has 0 rings (SSSR count). The Morgan fingerprint density at radius 1 is 1.45 bits per heavy atom. The molecule has 0 aromatic carbocycles. The second kappa shape index (κ2) is 7.73. The van der Waals surface area contributed by atoms with Gasteiger partial charge in [0.05, 0.1) is 0 Å². The van der Waals surface area contributed by atoms with Crippen molar-refractivity contribution in [1.29, 1.82) is 0 Å². The fourth-order valence-electron chi connectivity index (χ4n) is 0.993. The lowest BCUT2D eigenvalue weighted by molar-refractivity contribution is -0.108. The van der Waals surface area contributed by atoms with Crippen LogP contribution in [0.4, 0.5) is 0 Å². The second-order valence-electron chi connectivity index (χ2n) is 2.82. The van der Waals surface area contributed by atoms with E-state index in [4.69, 9.17) is 0 Å². The number of unbranched alkanes of at least 4 members (excludes halogenated alkanes) is 1. The number of aldehydes is 1. The zero-order valence-corrected chi connectivity index (χ0v) is 7.60. The van der Waals surface area contributed by atoms with Gasteiger partial charge in [-0.15, -0.1) is 0 Å². The molecule has 0 saturated heterocycles. The van der Waals surface area contributed by atoms with Gasteiger partial charge in [0.25, 0.3) is 0 Å². The van der Waals surface area contributed by atoms with Gasteiger partial charge in [-0.05, 0) is 19.4 Å². The van der Waals surface area contributed by atoms with Crippen molar-refractivity contribution in [2.75, 3.05) is 6.54 Å². The van der Waals surface area contributed by atoms with Crippen LogP contribution in [-0.2, 0) is 4.79 Å². The van der Waals surface area contributed by atoms with Crippen LogP contribution in [0.15, 0.2) is 0 Å². The van der Waals surface area contributed by atoms with Crippen LogP contribution in [0.1, 0.15) is 39.5 Å². The van der Waals surface area contributed by atoms with Crippen LogP contribution in [0.25, 0.3) is 0 Å². The zero-order valence-electron chi connectivity index (χ0n) is 7.60. The molecule has 0 aliphatic heterocycles. The van der Waals surface area contributed by atoms with Gasteiger partial charge in [-0.2, -0.15) is 0 Å². The highest BCUT2D eigenvalue weighted by atomic mass is 16.1. The number of hydrogen-bond acceptors (Lipinski definition) is 2. The van der Waals surface area contributed by atoms with Crippen LogP contribution in [-0.4, -0.2) is 18.9 Å². The maximum atomic E-state index is 10.2. The average molecular weight is 157 g/mol. The zero-order chi connectivity index (χ0) is 8.53. The van der Waals surface area contributed by atoms with E-state index in [2.05, 4.69) is 19.2 Å². The molecule has 2 heteroatoms. The van der Waals surface area contributed by atoms with E-state index in [0.717, 1.165) is 19.3 Å². The first-order valence-corrected chi connectivity index (χ1v) is 4.52. The second-order valence-corrected chi connectivity index (χ2v) is 2.82. The Labute approximate surface area is 69.4 Å². The van der Waals surface area contributed by atoms with Crippen molar-refractivity contribution in [2.24, 2.45) is 0 Å². The molecule has 66 valence electrons. The smallest absolute Gasteiger partial charge is 0.121 e. The molecule has 1 unspecified atom stereocenters. The van der Waals surface area contributed by atoms with Crippen molar-refractivity contribution in [3.63, 3.8) is 0 Å². The highest BCUT2D eigenvalue weighted by molar-refractivity contribution is 5.50. The molecule has 0 spiro atoms. The van der Waals surface area contributed by atoms with Gasteiger partial charge in [0.1, 0.15) is 6.29 Å². The minimum atomic E-state index is 0.402. The summed E-state index contributed by atoms with van der Waals surface area (Å²) in [4.78, 5) is 10.2. The molecule has 0 amide bonds. The Morgan fingerprint density at radius 2 is 2.18 bits per heavy atom. The van der Waals surface area contributed by atoms with Gasteiger partial charge in [-0.1, -0.05) is 20.3 Å². The summed E-state index contributed by atoms with van der Waals surface area (Å²) in [5.74, 6) is 0. The number of hydrogen-bond donors (Lipinski definition) is 1. The molecule has 0 saturated carbocycles. The summed E-state index contributed by atoms with van der Waals surface area (Å²) in [6.07, 6.45) is 5.11. The summed E-state index contributed by atoms with van der Waals surface area (Å²) in [6, 6.07) is 0.402. The fraction of sp³-hybridized carbons (Fsp3) is 0.889. The Kier molecular flexibility index (Phi) is 7.47. The van der Waals surface area contributed by atoms with Gasteiger partial charge in [-0.25, -0.2) is 0 Å². The molecule has 1 N–H and O–H groups in total. The van der Waals surface area contributed by atoms with Gasteiger partial charge in [0.2, 0.25) is 0 Å². The van der Waals surface area contributed by atoms with Gasteiger partial charge in [0.15, 0.2) is 0 Å². The van der Waals surface area contributed by atoms with E-state index in [0.29, 0.717) is 12.5 Å². The molecule has 11 heavy (non-hydrogen) atoms. The first kappa shape index (κ1) is 10.6. The first-order valence-electron chi connectivity index (χ1n) is 4.52. The van der Waals surface area contributed by atoms with Crippen molar-refractivity contribution >= 4 is 6.29 Å². The lowest BCUT2D eigenvalue weighted by atomic mass is 10.1. The lowest BCUT2D eigenvalue weighted by Gasteiger charge is -2.12. The van der Waals surface area contributed by atoms with Crippen molar-refractivity contribution in [2.45, 2.75) is 45.6 Å². The SMILES string of the molecule is CCCCNC(CC)CC=O. The topological polar surface area (TPSA) is 29.1 Å². The highest BCUT2D eigenvalue weighted by Crippen LogP contribution is 1.95. The molecule has 0 heterocycles. The van der Waals surface area contributed by atoms with Crippen molar-refractivity contribution in [1.82, 2.24) is 5.32 Å².